The van der Waals surface area contributed by atoms with Gasteiger partial charge in [0.25, 0.3) is 0 Å². The first kappa shape index (κ1) is 23.3. The molecule has 0 aromatic heterocycles. The fourth-order valence-electron chi connectivity index (χ4n) is 6.88. The van der Waals surface area contributed by atoms with Gasteiger partial charge in [0.15, 0.2) is 17.3 Å². The normalized spacial score (nSPS) is 20.1. The molecule has 4 aliphatic carbocycles. The maximum atomic E-state index is 12.6. The molecule has 1 saturated carbocycles. The average molecular weight is 485 g/mol. The van der Waals surface area contributed by atoms with Crippen LogP contribution in [0, 0.1) is 12.3 Å². The van der Waals surface area contributed by atoms with Crippen LogP contribution in [0.25, 0.3) is 11.1 Å². The predicted molar refractivity (Wildman–Crippen MR) is 146 cm³/mol. The zero-order chi connectivity index (χ0) is 25.6. The number of hydrogen-bond acceptors (Lipinski definition) is 3. The highest BCUT2D eigenvalue weighted by atomic mass is 16.1. The summed E-state index contributed by atoms with van der Waals surface area (Å²) in [5.41, 5.74) is 5.97. The standard InChI is InChI=1S/C34H28O3/c1-23-4-6-24(7-5-23)25-8-10-26(11-9-25)33(18-2-3-19-33)34(27-12-15-30(35)20-27,28-13-16-31(36)21-28)29-14-17-32(37)22-29/h4-17,20-22H,2-3,18-19H2,1H3. The van der Waals surface area contributed by atoms with Gasteiger partial charge in [0.2, 0.25) is 0 Å². The summed E-state index contributed by atoms with van der Waals surface area (Å²) in [7, 11) is 0. The number of ketones is 3. The minimum atomic E-state index is -0.831. The number of aryl methyl sites for hydroxylation is 1. The minimum Gasteiger partial charge on any atom is -0.290 e. The van der Waals surface area contributed by atoms with Gasteiger partial charge in [0.05, 0.1) is 5.41 Å². The summed E-state index contributed by atoms with van der Waals surface area (Å²) in [6.45, 7) is 2.08. The Labute approximate surface area is 217 Å². The Hall–Kier alpha value is -4.11. The molecular weight excluding hydrogens is 456 g/mol. The second kappa shape index (κ2) is 8.77. The molecule has 0 amide bonds. The van der Waals surface area contributed by atoms with E-state index in [4.69, 9.17) is 0 Å². The largest absolute Gasteiger partial charge is 0.290 e. The maximum Gasteiger partial charge on any atom is 0.178 e. The van der Waals surface area contributed by atoms with Crippen LogP contribution in [-0.4, -0.2) is 17.3 Å². The van der Waals surface area contributed by atoms with Gasteiger partial charge in [-0.2, -0.15) is 0 Å². The van der Waals surface area contributed by atoms with Crippen LogP contribution in [0.4, 0.5) is 0 Å². The first-order valence-corrected chi connectivity index (χ1v) is 12.9. The van der Waals surface area contributed by atoms with Crippen LogP contribution < -0.4 is 0 Å². The van der Waals surface area contributed by atoms with Gasteiger partial charge in [-0.25, -0.2) is 0 Å². The summed E-state index contributed by atoms with van der Waals surface area (Å²) in [6.07, 6.45) is 19.3. The fraction of sp³-hybridized carbons (Fsp3) is 0.206. The predicted octanol–water partition coefficient (Wildman–Crippen LogP) is 6.66. The summed E-state index contributed by atoms with van der Waals surface area (Å²) in [6, 6.07) is 17.3. The average Bonchev–Trinajstić information content (AvgIpc) is 3.71. The third-order valence-electron chi connectivity index (χ3n) is 8.47. The molecule has 0 heterocycles. The lowest BCUT2D eigenvalue weighted by Gasteiger charge is -2.51. The third-order valence-corrected chi connectivity index (χ3v) is 8.47. The molecule has 1 fully saturated rings. The van der Waals surface area contributed by atoms with Crippen LogP contribution in [0.3, 0.4) is 0 Å². The van der Waals surface area contributed by atoms with E-state index in [1.54, 1.807) is 36.5 Å². The van der Waals surface area contributed by atoms with Gasteiger partial charge >= 0.3 is 0 Å². The van der Waals surface area contributed by atoms with E-state index in [0.29, 0.717) is 0 Å². The topological polar surface area (TPSA) is 51.2 Å². The van der Waals surface area contributed by atoms with Gasteiger partial charge in [0.1, 0.15) is 0 Å². The molecule has 2 aromatic rings. The SMILES string of the molecule is Cc1ccc(-c2ccc(C3(C(C4=CC(=O)C=C4)(C4=CC(=O)C=C4)C4=CC(=O)C=C4)CCCC3)cc2)cc1. The van der Waals surface area contributed by atoms with Gasteiger partial charge in [-0.3, -0.25) is 14.4 Å². The molecule has 0 N–H and O–H groups in total. The maximum absolute atomic E-state index is 12.6. The van der Waals surface area contributed by atoms with Gasteiger partial charge in [-0.1, -0.05) is 85.2 Å². The molecule has 182 valence electrons. The van der Waals surface area contributed by atoms with Gasteiger partial charge in [-0.05, 0) is 89.6 Å². The summed E-state index contributed by atoms with van der Waals surface area (Å²) in [5.74, 6) is -0.194. The Morgan fingerprint density at radius 1 is 0.568 bits per heavy atom. The highest BCUT2D eigenvalue weighted by molar-refractivity contribution is 6.08. The van der Waals surface area contributed by atoms with Gasteiger partial charge in [0, 0.05) is 5.41 Å². The number of hydrogen-bond donors (Lipinski definition) is 0. The molecule has 0 spiro atoms. The number of benzene rings is 2. The Morgan fingerprint density at radius 3 is 1.35 bits per heavy atom. The summed E-state index contributed by atoms with van der Waals surface area (Å²) in [5, 5.41) is 0. The van der Waals surface area contributed by atoms with E-state index in [0.717, 1.165) is 59.1 Å². The molecule has 0 aliphatic heterocycles. The highest BCUT2D eigenvalue weighted by Gasteiger charge is 2.59. The number of allylic oxidation sites excluding steroid dienone is 12. The van der Waals surface area contributed by atoms with Crippen molar-refractivity contribution in [3.05, 3.63) is 131 Å². The Balaban J connectivity index is 1.60. The van der Waals surface area contributed by atoms with Crippen molar-refractivity contribution in [1.29, 1.82) is 0 Å². The van der Waals surface area contributed by atoms with Crippen molar-refractivity contribution in [2.24, 2.45) is 5.41 Å². The molecule has 0 saturated heterocycles. The fourth-order valence-corrected chi connectivity index (χ4v) is 6.88. The molecule has 0 bridgehead atoms. The summed E-state index contributed by atoms with van der Waals surface area (Å²) in [4.78, 5) is 37.7. The third kappa shape index (κ3) is 3.61. The van der Waals surface area contributed by atoms with E-state index in [1.165, 1.54) is 5.56 Å². The van der Waals surface area contributed by atoms with Crippen molar-refractivity contribution in [2.75, 3.05) is 0 Å². The van der Waals surface area contributed by atoms with Crippen molar-refractivity contribution in [3.8, 4) is 11.1 Å². The summed E-state index contributed by atoms with van der Waals surface area (Å²) >= 11 is 0. The molecule has 4 aliphatic rings. The number of carbonyl (C=O) groups is 3. The monoisotopic (exact) mass is 484 g/mol. The first-order valence-electron chi connectivity index (χ1n) is 12.9. The molecule has 0 radical (unpaired) electrons. The molecular formula is C34H28O3. The van der Waals surface area contributed by atoms with E-state index in [1.807, 2.05) is 18.2 Å². The van der Waals surface area contributed by atoms with E-state index < -0.39 is 10.8 Å². The van der Waals surface area contributed by atoms with Crippen molar-refractivity contribution >= 4 is 17.3 Å². The van der Waals surface area contributed by atoms with Crippen molar-refractivity contribution in [2.45, 2.75) is 38.0 Å². The number of carbonyl (C=O) groups excluding carboxylic acids is 3. The van der Waals surface area contributed by atoms with Crippen LogP contribution in [0.15, 0.2) is 120 Å². The van der Waals surface area contributed by atoms with Crippen LogP contribution >= 0.6 is 0 Å². The lowest BCUT2D eigenvalue weighted by atomic mass is 9.50. The second-order valence-corrected chi connectivity index (χ2v) is 10.5. The second-order valence-electron chi connectivity index (χ2n) is 10.5. The molecule has 3 nitrogen and oxygen atoms in total. The van der Waals surface area contributed by atoms with E-state index >= 15 is 0 Å². The lowest BCUT2D eigenvalue weighted by molar-refractivity contribution is -0.111. The molecule has 0 atom stereocenters. The van der Waals surface area contributed by atoms with E-state index in [-0.39, 0.29) is 17.3 Å². The highest BCUT2D eigenvalue weighted by Crippen LogP contribution is 2.65. The van der Waals surface area contributed by atoms with Crippen molar-refractivity contribution < 1.29 is 14.4 Å². The number of rotatable bonds is 6. The molecule has 37 heavy (non-hydrogen) atoms. The summed E-state index contributed by atoms with van der Waals surface area (Å²) < 4.78 is 0. The smallest absolute Gasteiger partial charge is 0.178 e. The van der Waals surface area contributed by atoms with Crippen molar-refractivity contribution in [3.63, 3.8) is 0 Å². The van der Waals surface area contributed by atoms with Crippen LogP contribution in [0.2, 0.25) is 0 Å². The van der Waals surface area contributed by atoms with Crippen LogP contribution in [-0.2, 0) is 19.8 Å². The molecule has 3 heteroatoms. The Morgan fingerprint density at radius 2 is 0.973 bits per heavy atom. The van der Waals surface area contributed by atoms with Crippen LogP contribution in [0.1, 0.15) is 36.8 Å². The molecule has 2 aromatic carbocycles. The van der Waals surface area contributed by atoms with E-state index in [2.05, 4.69) is 55.5 Å². The van der Waals surface area contributed by atoms with E-state index in [9.17, 15) is 14.4 Å². The van der Waals surface area contributed by atoms with Gasteiger partial charge < -0.3 is 0 Å². The van der Waals surface area contributed by atoms with Gasteiger partial charge in [-0.15, -0.1) is 0 Å². The lowest BCUT2D eigenvalue weighted by Crippen LogP contribution is -2.47. The zero-order valence-electron chi connectivity index (χ0n) is 20.9. The minimum absolute atomic E-state index is 0.0648. The molecule has 0 unspecified atom stereocenters. The Kier molecular flexibility index (Phi) is 5.52. The van der Waals surface area contributed by atoms with Crippen molar-refractivity contribution in [1.82, 2.24) is 0 Å². The quantitative estimate of drug-likeness (QED) is 0.461. The Bertz CT molecular complexity index is 1400. The zero-order valence-corrected chi connectivity index (χ0v) is 20.9. The first-order chi connectivity index (χ1) is 17.9. The van der Waals surface area contributed by atoms with Crippen LogP contribution in [0.5, 0.6) is 0 Å². The molecule has 6 rings (SSSR count).